The highest BCUT2D eigenvalue weighted by Crippen LogP contribution is 2.14. The van der Waals surface area contributed by atoms with Gasteiger partial charge in [-0.2, -0.15) is 0 Å². The van der Waals surface area contributed by atoms with Crippen LogP contribution in [0.3, 0.4) is 0 Å². The molecule has 0 saturated carbocycles. The van der Waals surface area contributed by atoms with E-state index in [0.29, 0.717) is 11.5 Å². The topological polar surface area (TPSA) is 67.8 Å². The molecule has 0 saturated heterocycles. The first-order valence-corrected chi connectivity index (χ1v) is 6.97. The number of hydrogen-bond acceptors (Lipinski definition) is 4. The van der Waals surface area contributed by atoms with Gasteiger partial charge >= 0.3 is 0 Å². The van der Waals surface area contributed by atoms with Gasteiger partial charge in [-0.05, 0) is 29.8 Å². The lowest BCUT2D eigenvalue weighted by atomic mass is 10.1. The van der Waals surface area contributed by atoms with Gasteiger partial charge in [-0.3, -0.25) is 9.78 Å². The Labute approximate surface area is 132 Å². The Morgan fingerprint density at radius 3 is 2.43 bits per heavy atom. The van der Waals surface area contributed by atoms with Crippen molar-refractivity contribution < 1.29 is 9.18 Å². The van der Waals surface area contributed by atoms with Crippen molar-refractivity contribution >= 4 is 11.6 Å². The molecule has 6 heteroatoms. The maximum atomic E-state index is 12.8. The lowest BCUT2D eigenvalue weighted by Gasteiger charge is -2.05. The van der Waals surface area contributed by atoms with E-state index in [4.69, 9.17) is 0 Å². The van der Waals surface area contributed by atoms with E-state index in [1.165, 1.54) is 24.5 Å². The largest absolute Gasteiger partial charge is 0.323 e. The Balaban J connectivity index is 1.64. The van der Waals surface area contributed by atoms with Crippen LogP contribution in [0, 0.1) is 5.82 Å². The Morgan fingerprint density at radius 1 is 1.04 bits per heavy atom. The van der Waals surface area contributed by atoms with Crippen molar-refractivity contribution in [2.45, 2.75) is 6.42 Å². The van der Waals surface area contributed by atoms with Gasteiger partial charge in [0.2, 0.25) is 5.91 Å². The van der Waals surface area contributed by atoms with Crippen molar-refractivity contribution in [1.82, 2.24) is 15.0 Å². The van der Waals surface area contributed by atoms with E-state index >= 15 is 0 Å². The van der Waals surface area contributed by atoms with Crippen molar-refractivity contribution in [2.24, 2.45) is 0 Å². The van der Waals surface area contributed by atoms with E-state index in [9.17, 15) is 9.18 Å². The molecular weight excluding hydrogens is 295 g/mol. The fourth-order valence-corrected chi connectivity index (χ4v) is 2.03. The van der Waals surface area contributed by atoms with Crippen LogP contribution in [0.4, 0.5) is 10.1 Å². The first kappa shape index (κ1) is 14.8. The van der Waals surface area contributed by atoms with E-state index in [1.807, 2.05) is 6.07 Å². The molecule has 1 aromatic carbocycles. The number of nitrogens with zero attached hydrogens (tertiary/aromatic N) is 3. The molecule has 0 fully saturated rings. The standard InChI is InChI=1S/C17H13FN4O/c18-14-5-3-12(4-6-14)8-16(23)22-15-10-20-17(21-11-15)13-2-1-7-19-9-13/h1-7,9-11H,8H2,(H,22,23). The molecule has 0 bridgehead atoms. The van der Waals surface area contributed by atoms with E-state index in [1.54, 1.807) is 30.6 Å². The number of nitrogens with one attached hydrogen (secondary N) is 1. The average Bonchev–Trinajstić information content (AvgIpc) is 2.58. The van der Waals surface area contributed by atoms with Gasteiger partial charge in [-0.15, -0.1) is 0 Å². The minimum atomic E-state index is -0.325. The summed E-state index contributed by atoms with van der Waals surface area (Å²) >= 11 is 0. The zero-order chi connectivity index (χ0) is 16.1. The Hall–Kier alpha value is -3.15. The summed E-state index contributed by atoms with van der Waals surface area (Å²) in [5, 5.41) is 2.71. The molecule has 3 aromatic rings. The summed E-state index contributed by atoms with van der Waals surface area (Å²) in [6.45, 7) is 0. The molecule has 0 spiro atoms. The van der Waals surface area contributed by atoms with Gasteiger partial charge in [0, 0.05) is 18.0 Å². The number of amides is 1. The summed E-state index contributed by atoms with van der Waals surface area (Å²) in [5.74, 6) is -0.00230. The van der Waals surface area contributed by atoms with Crippen LogP contribution in [-0.4, -0.2) is 20.9 Å². The fraction of sp³-hybridized carbons (Fsp3) is 0.0588. The molecule has 2 aromatic heterocycles. The Kier molecular flexibility index (Phi) is 4.33. The molecule has 0 aliphatic rings. The van der Waals surface area contributed by atoms with Crippen LogP contribution in [0.1, 0.15) is 5.56 Å². The van der Waals surface area contributed by atoms with Gasteiger partial charge < -0.3 is 5.32 Å². The number of benzene rings is 1. The normalized spacial score (nSPS) is 10.3. The number of carbonyl (C=O) groups excluding carboxylic acids is 1. The molecular formula is C17H13FN4O. The predicted molar refractivity (Wildman–Crippen MR) is 84.0 cm³/mol. The number of carbonyl (C=O) groups is 1. The molecule has 1 amide bonds. The zero-order valence-corrected chi connectivity index (χ0v) is 12.1. The number of hydrogen-bond donors (Lipinski definition) is 1. The number of halogens is 1. The molecule has 0 aliphatic heterocycles. The molecule has 1 N–H and O–H groups in total. The van der Waals surface area contributed by atoms with Gasteiger partial charge in [-0.25, -0.2) is 14.4 Å². The number of aromatic nitrogens is 3. The molecule has 0 unspecified atom stereocenters. The van der Waals surface area contributed by atoms with Crippen LogP contribution < -0.4 is 5.32 Å². The van der Waals surface area contributed by atoms with Crippen molar-refractivity contribution in [3.63, 3.8) is 0 Å². The molecule has 114 valence electrons. The minimum Gasteiger partial charge on any atom is -0.323 e. The number of anilines is 1. The van der Waals surface area contributed by atoms with Crippen LogP contribution in [-0.2, 0) is 11.2 Å². The second-order valence-corrected chi connectivity index (χ2v) is 4.89. The van der Waals surface area contributed by atoms with Crippen molar-refractivity contribution in [3.05, 3.63) is 72.6 Å². The monoisotopic (exact) mass is 308 g/mol. The van der Waals surface area contributed by atoms with E-state index in [2.05, 4.69) is 20.3 Å². The van der Waals surface area contributed by atoms with E-state index in [-0.39, 0.29) is 18.1 Å². The van der Waals surface area contributed by atoms with Gasteiger partial charge in [0.15, 0.2) is 5.82 Å². The summed E-state index contributed by atoms with van der Waals surface area (Å²) < 4.78 is 12.8. The highest BCUT2D eigenvalue weighted by atomic mass is 19.1. The van der Waals surface area contributed by atoms with Crippen LogP contribution in [0.25, 0.3) is 11.4 Å². The van der Waals surface area contributed by atoms with Gasteiger partial charge in [0.1, 0.15) is 5.82 Å². The molecule has 3 rings (SSSR count). The SMILES string of the molecule is O=C(Cc1ccc(F)cc1)Nc1cnc(-c2cccnc2)nc1. The smallest absolute Gasteiger partial charge is 0.228 e. The second kappa shape index (κ2) is 6.74. The second-order valence-electron chi connectivity index (χ2n) is 4.89. The maximum Gasteiger partial charge on any atom is 0.228 e. The summed E-state index contributed by atoms with van der Waals surface area (Å²) in [6, 6.07) is 9.48. The average molecular weight is 308 g/mol. The molecule has 5 nitrogen and oxygen atoms in total. The summed E-state index contributed by atoms with van der Waals surface area (Å²) in [4.78, 5) is 24.4. The van der Waals surface area contributed by atoms with E-state index < -0.39 is 0 Å². The summed E-state index contributed by atoms with van der Waals surface area (Å²) in [7, 11) is 0. The number of rotatable bonds is 4. The van der Waals surface area contributed by atoms with Crippen LogP contribution in [0.2, 0.25) is 0 Å². The molecule has 0 aliphatic carbocycles. The third-order valence-corrected chi connectivity index (χ3v) is 3.13. The highest BCUT2D eigenvalue weighted by Gasteiger charge is 2.06. The lowest BCUT2D eigenvalue weighted by Crippen LogP contribution is -2.14. The molecule has 23 heavy (non-hydrogen) atoms. The molecule has 2 heterocycles. The summed E-state index contributed by atoms with van der Waals surface area (Å²) in [6.07, 6.45) is 6.58. The van der Waals surface area contributed by atoms with Crippen LogP contribution in [0.5, 0.6) is 0 Å². The number of pyridine rings is 1. The van der Waals surface area contributed by atoms with Gasteiger partial charge in [0.05, 0.1) is 24.5 Å². The quantitative estimate of drug-likeness (QED) is 0.804. The Morgan fingerprint density at radius 2 is 1.78 bits per heavy atom. The first-order chi connectivity index (χ1) is 11.2. The lowest BCUT2D eigenvalue weighted by molar-refractivity contribution is -0.115. The third-order valence-electron chi connectivity index (χ3n) is 3.13. The van der Waals surface area contributed by atoms with Crippen LogP contribution >= 0.6 is 0 Å². The fourth-order valence-electron chi connectivity index (χ4n) is 2.03. The van der Waals surface area contributed by atoms with Gasteiger partial charge in [0.25, 0.3) is 0 Å². The molecule has 0 atom stereocenters. The zero-order valence-electron chi connectivity index (χ0n) is 12.1. The van der Waals surface area contributed by atoms with Gasteiger partial charge in [-0.1, -0.05) is 12.1 Å². The highest BCUT2D eigenvalue weighted by molar-refractivity contribution is 5.92. The maximum absolute atomic E-state index is 12.8. The minimum absolute atomic E-state index is 0.157. The summed E-state index contributed by atoms with van der Waals surface area (Å²) in [5.41, 5.74) is 2.04. The predicted octanol–water partition coefficient (Wildman–Crippen LogP) is 2.86. The first-order valence-electron chi connectivity index (χ1n) is 6.97. The van der Waals surface area contributed by atoms with Crippen molar-refractivity contribution in [1.29, 1.82) is 0 Å². The van der Waals surface area contributed by atoms with E-state index in [0.717, 1.165) is 11.1 Å². The van der Waals surface area contributed by atoms with Crippen LogP contribution in [0.15, 0.2) is 61.2 Å². The van der Waals surface area contributed by atoms with Crippen molar-refractivity contribution in [2.75, 3.05) is 5.32 Å². The molecule has 0 radical (unpaired) electrons. The third kappa shape index (κ3) is 3.94. The Bertz CT molecular complexity index is 789. The van der Waals surface area contributed by atoms with Crippen molar-refractivity contribution in [3.8, 4) is 11.4 Å².